The van der Waals surface area contributed by atoms with Crippen molar-refractivity contribution in [3.8, 4) is 5.75 Å². The second-order valence-corrected chi connectivity index (χ2v) is 4.94. The number of ether oxygens (including phenoxy) is 1. The number of thiazole rings is 1. The summed E-state index contributed by atoms with van der Waals surface area (Å²) in [4.78, 5) is 4.36. The van der Waals surface area contributed by atoms with Crippen molar-refractivity contribution < 1.29 is 4.74 Å². The monoisotopic (exact) mass is 248 g/mol. The van der Waals surface area contributed by atoms with Gasteiger partial charge in [0.05, 0.1) is 0 Å². The van der Waals surface area contributed by atoms with Gasteiger partial charge in [0.1, 0.15) is 17.4 Å². The van der Waals surface area contributed by atoms with Gasteiger partial charge in [-0.3, -0.25) is 0 Å². The molecule has 1 aromatic carbocycles. The van der Waals surface area contributed by atoms with Crippen LogP contribution in [0.15, 0.2) is 29.6 Å². The smallest absolute Gasteiger partial charge is 0.140 e. The maximum absolute atomic E-state index is 5.89. The number of aryl methyl sites for hydroxylation is 1. The third-order valence-electron chi connectivity index (χ3n) is 2.43. The second-order valence-electron chi connectivity index (χ2n) is 4.00. The van der Waals surface area contributed by atoms with Crippen molar-refractivity contribution in [2.24, 2.45) is 5.73 Å². The molecule has 0 aliphatic carbocycles. The van der Waals surface area contributed by atoms with E-state index < -0.39 is 0 Å². The SMILES string of the molecule is Cc1csc(COc2ccccc2C(C)N)n1. The molecule has 3 nitrogen and oxygen atoms in total. The quantitative estimate of drug-likeness (QED) is 0.904. The van der Waals surface area contributed by atoms with Crippen molar-refractivity contribution >= 4 is 11.3 Å². The molecule has 1 atom stereocenters. The summed E-state index contributed by atoms with van der Waals surface area (Å²) in [7, 11) is 0. The van der Waals surface area contributed by atoms with Gasteiger partial charge in [-0.15, -0.1) is 11.3 Å². The largest absolute Gasteiger partial charge is 0.486 e. The van der Waals surface area contributed by atoms with E-state index in [2.05, 4.69) is 4.98 Å². The lowest BCUT2D eigenvalue weighted by Gasteiger charge is -2.12. The van der Waals surface area contributed by atoms with Gasteiger partial charge >= 0.3 is 0 Å². The zero-order chi connectivity index (χ0) is 12.3. The number of rotatable bonds is 4. The van der Waals surface area contributed by atoms with E-state index in [4.69, 9.17) is 10.5 Å². The lowest BCUT2D eigenvalue weighted by Crippen LogP contribution is -2.07. The Morgan fingerprint density at radius 3 is 2.82 bits per heavy atom. The van der Waals surface area contributed by atoms with Crippen molar-refractivity contribution in [3.63, 3.8) is 0 Å². The summed E-state index contributed by atoms with van der Waals surface area (Å²) in [5, 5.41) is 3.01. The Morgan fingerprint density at radius 2 is 2.18 bits per heavy atom. The van der Waals surface area contributed by atoms with Crippen molar-refractivity contribution in [2.45, 2.75) is 26.5 Å². The summed E-state index contributed by atoms with van der Waals surface area (Å²) in [5.74, 6) is 0.843. The fourth-order valence-electron chi connectivity index (χ4n) is 1.60. The number of benzene rings is 1. The maximum Gasteiger partial charge on any atom is 0.140 e. The first-order chi connectivity index (χ1) is 8.16. The van der Waals surface area contributed by atoms with Crippen LogP contribution in [0.2, 0.25) is 0 Å². The molecule has 0 saturated carbocycles. The Bertz CT molecular complexity index is 494. The Morgan fingerprint density at radius 1 is 1.41 bits per heavy atom. The van der Waals surface area contributed by atoms with Crippen LogP contribution in [0.3, 0.4) is 0 Å². The molecule has 2 rings (SSSR count). The Hall–Kier alpha value is -1.39. The third kappa shape index (κ3) is 3.05. The van der Waals surface area contributed by atoms with Crippen LogP contribution in [0, 0.1) is 6.92 Å². The standard InChI is InChI=1S/C13H16N2OS/c1-9-8-17-13(15-9)7-16-12-6-4-3-5-11(12)10(2)14/h3-6,8,10H,7,14H2,1-2H3. The maximum atomic E-state index is 5.89. The molecule has 90 valence electrons. The fourth-order valence-corrected chi connectivity index (χ4v) is 2.28. The lowest BCUT2D eigenvalue weighted by atomic mass is 10.1. The molecule has 0 aliphatic heterocycles. The van der Waals surface area contributed by atoms with E-state index in [1.54, 1.807) is 11.3 Å². The summed E-state index contributed by atoms with van der Waals surface area (Å²) in [5.41, 5.74) is 7.96. The number of hydrogen-bond donors (Lipinski definition) is 1. The highest BCUT2D eigenvalue weighted by Crippen LogP contribution is 2.24. The van der Waals surface area contributed by atoms with Crippen molar-refractivity contribution in [1.82, 2.24) is 4.98 Å². The Balaban J connectivity index is 2.08. The van der Waals surface area contributed by atoms with E-state index in [9.17, 15) is 0 Å². The van der Waals surface area contributed by atoms with Gasteiger partial charge in [0.15, 0.2) is 0 Å². The van der Waals surface area contributed by atoms with Gasteiger partial charge in [-0.2, -0.15) is 0 Å². The summed E-state index contributed by atoms with van der Waals surface area (Å²) >= 11 is 1.62. The van der Waals surface area contributed by atoms with Crippen LogP contribution in [-0.2, 0) is 6.61 Å². The van der Waals surface area contributed by atoms with Crippen LogP contribution in [-0.4, -0.2) is 4.98 Å². The first-order valence-electron chi connectivity index (χ1n) is 5.55. The molecule has 1 unspecified atom stereocenters. The van der Waals surface area contributed by atoms with Gasteiger partial charge in [-0.25, -0.2) is 4.98 Å². The lowest BCUT2D eigenvalue weighted by molar-refractivity contribution is 0.300. The normalized spacial score (nSPS) is 12.4. The van der Waals surface area contributed by atoms with Gasteiger partial charge in [0.2, 0.25) is 0 Å². The first-order valence-corrected chi connectivity index (χ1v) is 6.43. The average molecular weight is 248 g/mol. The minimum absolute atomic E-state index is 0.0239. The van der Waals surface area contributed by atoms with Crippen LogP contribution < -0.4 is 10.5 Å². The third-order valence-corrected chi connectivity index (χ3v) is 3.37. The fraction of sp³-hybridized carbons (Fsp3) is 0.308. The molecule has 0 aliphatic rings. The Labute approximate surface area is 105 Å². The van der Waals surface area contributed by atoms with E-state index in [0.717, 1.165) is 22.0 Å². The van der Waals surface area contributed by atoms with E-state index in [-0.39, 0.29) is 6.04 Å². The highest BCUT2D eigenvalue weighted by atomic mass is 32.1. The molecule has 0 bridgehead atoms. The van der Waals surface area contributed by atoms with Gasteiger partial charge in [0.25, 0.3) is 0 Å². The number of nitrogens with zero attached hydrogens (tertiary/aromatic N) is 1. The van der Waals surface area contributed by atoms with E-state index >= 15 is 0 Å². The summed E-state index contributed by atoms with van der Waals surface area (Å²) in [6, 6.07) is 7.84. The van der Waals surface area contributed by atoms with E-state index in [1.165, 1.54) is 0 Å². The first kappa shape index (κ1) is 12.1. The average Bonchev–Trinajstić information content (AvgIpc) is 2.73. The molecule has 2 N–H and O–H groups in total. The van der Waals surface area contributed by atoms with Crippen LogP contribution in [0.1, 0.15) is 29.2 Å². The van der Waals surface area contributed by atoms with E-state index in [0.29, 0.717) is 6.61 Å². The predicted molar refractivity (Wildman–Crippen MR) is 70.2 cm³/mol. The highest BCUT2D eigenvalue weighted by molar-refractivity contribution is 7.09. The molecular formula is C13H16N2OS. The van der Waals surface area contributed by atoms with Crippen molar-refractivity contribution in [3.05, 3.63) is 45.9 Å². The zero-order valence-electron chi connectivity index (χ0n) is 10.0. The number of hydrogen-bond acceptors (Lipinski definition) is 4. The van der Waals surface area contributed by atoms with Crippen LogP contribution in [0.5, 0.6) is 5.75 Å². The van der Waals surface area contributed by atoms with Gasteiger partial charge in [-0.05, 0) is 19.9 Å². The predicted octanol–water partition coefficient (Wildman–Crippen LogP) is 3.05. The van der Waals surface area contributed by atoms with Gasteiger partial charge in [0, 0.05) is 22.7 Å². The van der Waals surface area contributed by atoms with E-state index in [1.807, 2.05) is 43.5 Å². The minimum Gasteiger partial charge on any atom is -0.486 e. The molecule has 0 spiro atoms. The number of para-hydroxylation sites is 1. The zero-order valence-corrected chi connectivity index (χ0v) is 10.8. The molecule has 0 fully saturated rings. The van der Waals surface area contributed by atoms with Crippen molar-refractivity contribution in [2.75, 3.05) is 0 Å². The number of nitrogens with two attached hydrogens (primary N) is 1. The molecule has 0 saturated heterocycles. The summed E-state index contributed by atoms with van der Waals surface area (Å²) < 4.78 is 5.77. The molecular weight excluding hydrogens is 232 g/mol. The number of aromatic nitrogens is 1. The molecule has 1 heterocycles. The van der Waals surface area contributed by atoms with Crippen LogP contribution in [0.25, 0.3) is 0 Å². The molecule has 0 radical (unpaired) electrons. The molecule has 1 aromatic heterocycles. The molecule has 2 aromatic rings. The van der Waals surface area contributed by atoms with Gasteiger partial charge < -0.3 is 10.5 Å². The molecule has 0 amide bonds. The van der Waals surface area contributed by atoms with Crippen molar-refractivity contribution in [1.29, 1.82) is 0 Å². The van der Waals surface area contributed by atoms with Gasteiger partial charge in [-0.1, -0.05) is 18.2 Å². The topological polar surface area (TPSA) is 48.1 Å². The highest BCUT2D eigenvalue weighted by Gasteiger charge is 2.08. The summed E-state index contributed by atoms with van der Waals surface area (Å²) in [6.45, 7) is 4.44. The second kappa shape index (κ2) is 5.29. The molecule has 4 heteroatoms. The Kier molecular flexibility index (Phi) is 3.76. The summed E-state index contributed by atoms with van der Waals surface area (Å²) in [6.07, 6.45) is 0. The minimum atomic E-state index is -0.0239. The molecule has 17 heavy (non-hydrogen) atoms. The van der Waals surface area contributed by atoms with Crippen LogP contribution in [0.4, 0.5) is 0 Å². The van der Waals surface area contributed by atoms with Crippen LogP contribution >= 0.6 is 11.3 Å².